The van der Waals surface area contributed by atoms with Gasteiger partial charge in [-0.05, 0) is 60.9 Å². The van der Waals surface area contributed by atoms with E-state index < -0.39 is 10.0 Å². The number of aromatic nitrogens is 2. The van der Waals surface area contributed by atoms with E-state index >= 15 is 0 Å². The summed E-state index contributed by atoms with van der Waals surface area (Å²) in [6, 6.07) is 14.5. The second-order valence-corrected chi connectivity index (χ2v) is 9.17. The maximum Gasteiger partial charge on any atom is 0.255 e. The summed E-state index contributed by atoms with van der Waals surface area (Å²) in [6.45, 7) is 2.49. The summed E-state index contributed by atoms with van der Waals surface area (Å²) in [7, 11) is -3.35. The van der Waals surface area contributed by atoms with E-state index in [9.17, 15) is 13.2 Å². The molecule has 3 aromatic rings. The van der Waals surface area contributed by atoms with Crippen molar-refractivity contribution in [2.24, 2.45) is 0 Å². The first-order chi connectivity index (χ1) is 13.8. The average Bonchev–Trinajstić information content (AvgIpc) is 3.27. The summed E-state index contributed by atoms with van der Waals surface area (Å²) in [5.74, 6) is -0.227. The van der Waals surface area contributed by atoms with Gasteiger partial charge in [0.25, 0.3) is 5.91 Å². The molecule has 0 radical (unpaired) electrons. The minimum atomic E-state index is -3.35. The number of amides is 1. The van der Waals surface area contributed by atoms with E-state index in [1.54, 1.807) is 24.4 Å². The summed E-state index contributed by atoms with van der Waals surface area (Å²) in [5.41, 5.74) is 3.74. The molecular weight excluding hydrogens is 388 g/mol. The van der Waals surface area contributed by atoms with Gasteiger partial charge in [-0.25, -0.2) is 8.42 Å². The molecule has 2 heterocycles. The molecule has 150 valence electrons. The van der Waals surface area contributed by atoms with Gasteiger partial charge in [0.15, 0.2) is 0 Å². The van der Waals surface area contributed by atoms with Crippen LogP contribution in [-0.4, -0.2) is 36.4 Å². The van der Waals surface area contributed by atoms with E-state index in [-0.39, 0.29) is 11.9 Å². The highest BCUT2D eigenvalue weighted by Gasteiger charge is 2.32. The van der Waals surface area contributed by atoms with Crippen LogP contribution in [0.15, 0.2) is 60.9 Å². The number of rotatable bonds is 5. The van der Waals surface area contributed by atoms with Gasteiger partial charge in [0.2, 0.25) is 10.0 Å². The monoisotopic (exact) mass is 410 g/mol. The molecule has 1 atom stereocenters. The molecule has 1 N–H and O–H groups in total. The predicted molar refractivity (Wildman–Crippen MR) is 113 cm³/mol. The van der Waals surface area contributed by atoms with E-state index in [1.807, 2.05) is 48.1 Å². The Morgan fingerprint density at radius 2 is 2.03 bits per heavy atom. The van der Waals surface area contributed by atoms with Crippen LogP contribution in [0.1, 0.15) is 28.4 Å². The number of hydrogen-bond acceptors (Lipinski definition) is 4. The van der Waals surface area contributed by atoms with Crippen molar-refractivity contribution in [1.29, 1.82) is 0 Å². The van der Waals surface area contributed by atoms with Crippen LogP contribution >= 0.6 is 0 Å². The first kappa shape index (κ1) is 19.2. The summed E-state index contributed by atoms with van der Waals surface area (Å²) >= 11 is 0. The van der Waals surface area contributed by atoms with E-state index in [0.717, 1.165) is 11.1 Å². The standard InChI is InChI=1S/C21H22N4O3S/c1-15-11-18-13-17(7-8-20(18)25(15)29(2,27)28)21(26)23-19-6-3-5-16(12-19)14-24-10-4-9-22-24/h3-10,12-13,15H,11,14H2,1-2H3,(H,23,26). The van der Waals surface area contributed by atoms with Gasteiger partial charge >= 0.3 is 0 Å². The van der Waals surface area contributed by atoms with Crippen LogP contribution < -0.4 is 9.62 Å². The zero-order valence-electron chi connectivity index (χ0n) is 16.2. The van der Waals surface area contributed by atoms with Crippen LogP contribution in [-0.2, 0) is 23.0 Å². The van der Waals surface area contributed by atoms with Crippen LogP contribution in [0.3, 0.4) is 0 Å². The highest BCUT2D eigenvalue weighted by atomic mass is 32.2. The summed E-state index contributed by atoms with van der Waals surface area (Å²) in [6.07, 6.45) is 5.40. The Morgan fingerprint density at radius 1 is 1.21 bits per heavy atom. The third-order valence-electron chi connectivity index (χ3n) is 4.94. The third-order valence-corrected chi connectivity index (χ3v) is 6.21. The Bertz CT molecular complexity index is 1160. The lowest BCUT2D eigenvalue weighted by Gasteiger charge is -2.21. The largest absolute Gasteiger partial charge is 0.322 e. The number of sulfonamides is 1. The first-order valence-electron chi connectivity index (χ1n) is 9.31. The van der Waals surface area contributed by atoms with Crippen molar-refractivity contribution in [2.75, 3.05) is 15.9 Å². The molecule has 0 bridgehead atoms. The van der Waals surface area contributed by atoms with Gasteiger partial charge in [-0.1, -0.05) is 12.1 Å². The molecule has 7 nitrogen and oxygen atoms in total. The number of nitrogens with one attached hydrogen (secondary N) is 1. The molecule has 0 spiro atoms. The van der Waals surface area contributed by atoms with Crippen LogP contribution in [0, 0.1) is 0 Å². The van der Waals surface area contributed by atoms with Crippen LogP contribution in [0.2, 0.25) is 0 Å². The van der Waals surface area contributed by atoms with E-state index in [4.69, 9.17) is 0 Å². The molecular formula is C21H22N4O3S. The second kappa shape index (κ2) is 7.36. The predicted octanol–water partition coefficient (Wildman–Crippen LogP) is 2.89. The Balaban J connectivity index is 1.52. The maximum atomic E-state index is 12.7. The number of benzene rings is 2. The number of anilines is 2. The number of nitrogens with zero attached hydrogens (tertiary/aromatic N) is 3. The van der Waals surface area contributed by atoms with Crippen LogP contribution in [0.5, 0.6) is 0 Å². The van der Waals surface area contributed by atoms with E-state index in [2.05, 4.69) is 10.4 Å². The highest BCUT2D eigenvalue weighted by molar-refractivity contribution is 7.92. The van der Waals surface area contributed by atoms with Crippen molar-refractivity contribution < 1.29 is 13.2 Å². The molecule has 0 aliphatic carbocycles. The van der Waals surface area contributed by atoms with Crippen LogP contribution in [0.25, 0.3) is 0 Å². The second-order valence-electron chi connectivity index (χ2n) is 7.31. The number of fused-ring (bicyclic) bond motifs is 1. The van der Waals surface area contributed by atoms with Gasteiger partial charge in [-0.15, -0.1) is 0 Å². The lowest BCUT2D eigenvalue weighted by molar-refractivity contribution is 0.102. The fraction of sp³-hybridized carbons (Fsp3) is 0.238. The molecule has 1 aliphatic heterocycles. The molecule has 1 unspecified atom stereocenters. The summed E-state index contributed by atoms with van der Waals surface area (Å²) in [4.78, 5) is 12.7. The minimum Gasteiger partial charge on any atom is -0.322 e. The zero-order valence-corrected chi connectivity index (χ0v) is 17.1. The van der Waals surface area contributed by atoms with Crippen molar-refractivity contribution >= 4 is 27.3 Å². The molecule has 29 heavy (non-hydrogen) atoms. The van der Waals surface area contributed by atoms with E-state index in [1.165, 1.54) is 10.6 Å². The fourth-order valence-corrected chi connectivity index (χ4v) is 5.04. The molecule has 1 amide bonds. The number of carbonyl (C=O) groups excluding carboxylic acids is 1. The van der Waals surface area contributed by atoms with Crippen molar-refractivity contribution in [3.63, 3.8) is 0 Å². The van der Waals surface area contributed by atoms with Gasteiger partial charge in [0.05, 0.1) is 18.5 Å². The highest BCUT2D eigenvalue weighted by Crippen LogP contribution is 2.34. The first-order valence-corrected chi connectivity index (χ1v) is 11.2. The Kier molecular flexibility index (Phi) is 4.87. The fourth-order valence-electron chi connectivity index (χ4n) is 3.78. The normalized spacial score (nSPS) is 15.9. The molecule has 0 saturated heterocycles. The zero-order chi connectivity index (χ0) is 20.6. The van der Waals surface area contributed by atoms with Gasteiger partial charge < -0.3 is 5.32 Å². The van der Waals surface area contributed by atoms with Gasteiger partial charge in [-0.2, -0.15) is 5.10 Å². The molecule has 0 fully saturated rings. The van der Waals surface area contributed by atoms with Crippen LogP contribution in [0.4, 0.5) is 11.4 Å². The minimum absolute atomic E-state index is 0.155. The topological polar surface area (TPSA) is 84.3 Å². The lowest BCUT2D eigenvalue weighted by atomic mass is 10.1. The summed E-state index contributed by atoms with van der Waals surface area (Å²) < 4.78 is 27.3. The Morgan fingerprint density at radius 3 is 2.76 bits per heavy atom. The third kappa shape index (κ3) is 4.02. The molecule has 4 rings (SSSR count). The van der Waals surface area contributed by atoms with Crippen molar-refractivity contribution in [3.8, 4) is 0 Å². The van der Waals surface area contributed by atoms with Gasteiger partial charge in [-0.3, -0.25) is 13.8 Å². The quantitative estimate of drug-likeness (QED) is 0.701. The molecule has 2 aromatic carbocycles. The Labute approximate surface area is 170 Å². The number of carbonyl (C=O) groups is 1. The van der Waals surface area contributed by atoms with Crippen molar-refractivity contribution in [3.05, 3.63) is 77.6 Å². The van der Waals surface area contributed by atoms with Gasteiger partial charge in [0.1, 0.15) is 0 Å². The average molecular weight is 410 g/mol. The number of hydrogen-bond donors (Lipinski definition) is 1. The van der Waals surface area contributed by atoms with E-state index in [0.29, 0.717) is 29.9 Å². The molecule has 1 aliphatic rings. The summed E-state index contributed by atoms with van der Waals surface area (Å²) in [5, 5.41) is 7.12. The maximum absolute atomic E-state index is 12.7. The Hall–Kier alpha value is -3.13. The van der Waals surface area contributed by atoms with Crippen molar-refractivity contribution in [1.82, 2.24) is 9.78 Å². The van der Waals surface area contributed by atoms with Gasteiger partial charge in [0, 0.05) is 29.7 Å². The molecule has 0 saturated carbocycles. The lowest BCUT2D eigenvalue weighted by Crippen LogP contribution is -2.34. The SMILES string of the molecule is CC1Cc2cc(C(=O)Nc3cccc(Cn4cccn4)c3)ccc2N1S(C)(=O)=O. The van der Waals surface area contributed by atoms with Crippen molar-refractivity contribution in [2.45, 2.75) is 25.9 Å². The molecule has 8 heteroatoms. The smallest absolute Gasteiger partial charge is 0.255 e. The molecule has 1 aromatic heterocycles.